The van der Waals surface area contributed by atoms with E-state index in [2.05, 4.69) is 32.5 Å². The Labute approximate surface area is 127 Å². The van der Waals surface area contributed by atoms with Crippen LogP contribution in [0.3, 0.4) is 0 Å². The first-order chi connectivity index (χ1) is 10.3. The van der Waals surface area contributed by atoms with E-state index in [4.69, 9.17) is 4.98 Å². The number of likely N-dealkylation sites (N-methyl/N-ethyl adjacent to an activating group) is 1. The highest BCUT2D eigenvalue weighted by molar-refractivity contribution is 5.07. The first kappa shape index (κ1) is 13.7. The quantitative estimate of drug-likeness (QED) is 0.817. The molecule has 0 spiro atoms. The van der Waals surface area contributed by atoms with E-state index < -0.39 is 0 Å². The first-order valence-corrected chi connectivity index (χ1v) is 8.48. The average molecular weight is 289 g/mol. The van der Waals surface area contributed by atoms with Crippen molar-refractivity contribution in [3.05, 3.63) is 17.7 Å². The van der Waals surface area contributed by atoms with Gasteiger partial charge in [0.15, 0.2) is 0 Å². The fourth-order valence-corrected chi connectivity index (χ4v) is 3.87. The number of hydrogen-bond acceptors (Lipinski definition) is 4. The van der Waals surface area contributed by atoms with Crippen molar-refractivity contribution in [2.45, 2.75) is 38.4 Å². The van der Waals surface area contributed by atoms with E-state index in [1.165, 1.54) is 76.6 Å². The number of nitrogens with zero attached hydrogens (tertiary/aromatic N) is 5. The van der Waals surface area contributed by atoms with Crippen molar-refractivity contribution >= 4 is 0 Å². The third-order valence-electron chi connectivity index (χ3n) is 5.34. The molecule has 0 saturated carbocycles. The van der Waals surface area contributed by atoms with Gasteiger partial charge in [-0.25, -0.2) is 4.98 Å². The molecule has 2 fully saturated rings. The molecule has 1 aromatic heterocycles. The minimum atomic E-state index is 0.788. The Morgan fingerprint density at radius 1 is 1.10 bits per heavy atom. The summed E-state index contributed by atoms with van der Waals surface area (Å²) in [7, 11) is 2.23. The van der Waals surface area contributed by atoms with Crippen LogP contribution in [0.25, 0.3) is 0 Å². The van der Waals surface area contributed by atoms with E-state index in [1.807, 2.05) is 0 Å². The summed E-state index contributed by atoms with van der Waals surface area (Å²) < 4.78 is 2.37. The first-order valence-electron chi connectivity index (χ1n) is 8.48. The van der Waals surface area contributed by atoms with Crippen molar-refractivity contribution in [2.75, 3.05) is 46.3 Å². The Hall–Kier alpha value is -0.910. The summed E-state index contributed by atoms with van der Waals surface area (Å²) in [5.74, 6) is 1.31. The molecule has 4 rings (SSSR count). The third-order valence-corrected chi connectivity index (χ3v) is 5.34. The second-order valence-corrected chi connectivity index (χ2v) is 6.99. The van der Waals surface area contributed by atoms with Gasteiger partial charge in [-0.05, 0) is 19.9 Å². The lowest BCUT2D eigenvalue weighted by atomic mass is 10.1. The maximum atomic E-state index is 4.82. The highest BCUT2D eigenvalue weighted by atomic mass is 15.3. The standard InChI is InChI=1S/C16H27N5/c1-18-6-8-20(9-7-18)15-12-19(13-15)10-14-11-21-5-3-2-4-16(21)17-14/h11,15H,2-10,12-13H2,1H3. The van der Waals surface area contributed by atoms with Crippen LogP contribution in [0, 0.1) is 0 Å². The van der Waals surface area contributed by atoms with Crippen molar-refractivity contribution in [1.29, 1.82) is 0 Å². The van der Waals surface area contributed by atoms with E-state index in [0.717, 1.165) is 12.6 Å². The van der Waals surface area contributed by atoms with E-state index in [0.29, 0.717) is 0 Å². The predicted molar refractivity (Wildman–Crippen MR) is 83.3 cm³/mol. The van der Waals surface area contributed by atoms with Gasteiger partial charge in [0.1, 0.15) is 5.82 Å². The number of fused-ring (bicyclic) bond motifs is 1. The molecule has 5 heteroatoms. The number of aryl methyl sites for hydroxylation is 2. The molecule has 3 aliphatic heterocycles. The molecule has 5 nitrogen and oxygen atoms in total. The van der Waals surface area contributed by atoms with Gasteiger partial charge in [0.05, 0.1) is 5.69 Å². The lowest BCUT2D eigenvalue weighted by molar-refractivity contribution is 0.00491. The molecule has 0 radical (unpaired) electrons. The van der Waals surface area contributed by atoms with Gasteiger partial charge in [0, 0.05) is 71.0 Å². The molecule has 0 bridgehead atoms. The highest BCUT2D eigenvalue weighted by Gasteiger charge is 2.33. The smallest absolute Gasteiger partial charge is 0.109 e. The third kappa shape index (κ3) is 2.87. The molecule has 21 heavy (non-hydrogen) atoms. The fraction of sp³-hybridized carbons (Fsp3) is 0.812. The molecule has 0 amide bonds. The SMILES string of the molecule is CN1CCN(C2CN(Cc3cn4c(n3)CCCC4)C2)CC1. The topological polar surface area (TPSA) is 27.5 Å². The lowest BCUT2D eigenvalue weighted by Crippen LogP contribution is -2.62. The van der Waals surface area contributed by atoms with Crippen LogP contribution in [0.1, 0.15) is 24.4 Å². The van der Waals surface area contributed by atoms with E-state index in [-0.39, 0.29) is 0 Å². The summed E-state index contributed by atoms with van der Waals surface area (Å²) in [6, 6.07) is 0.788. The number of piperazine rings is 1. The van der Waals surface area contributed by atoms with Gasteiger partial charge in [0.25, 0.3) is 0 Å². The second-order valence-electron chi connectivity index (χ2n) is 6.99. The Bertz CT molecular complexity index is 459. The van der Waals surface area contributed by atoms with Gasteiger partial charge in [-0.3, -0.25) is 9.80 Å². The maximum Gasteiger partial charge on any atom is 0.109 e. The highest BCUT2D eigenvalue weighted by Crippen LogP contribution is 2.20. The molecule has 0 aliphatic carbocycles. The molecule has 4 heterocycles. The van der Waals surface area contributed by atoms with Crippen LogP contribution >= 0.6 is 0 Å². The number of rotatable bonds is 3. The second kappa shape index (κ2) is 5.71. The van der Waals surface area contributed by atoms with Crippen LogP contribution in [0.4, 0.5) is 0 Å². The lowest BCUT2D eigenvalue weighted by Gasteiger charge is -2.47. The summed E-state index contributed by atoms with van der Waals surface area (Å²) in [6.07, 6.45) is 6.09. The van der Waals surface area contributed by atoms with Crippen LogP contribution in [0.5, 0.6) is 0 Å². The zero-order chi connectivity index (χ0) is 14.2. The maximum absolute atomic E-state index is 4.82. The number of imidazole rings is 1. The number of aromatic nitrogens is 2. The molecule has 3 aliphatic rings. The molecular weight excluding hydrogens is 262 g/mol. The van der Waals surface area contributed by atoms with Crippen molar-refractivity contribution in [1.82, 2.24) is 24.3 Å². The molecule has 116 valence electrons. The van der Waals surface area contributed by atoms with Crippen molar-refractivity contribution in [3.8, 4) is 0 Å². The van der Waals surface area contributed by atoms with E-state index >= 15 is 0 Å². The minimum Gasteiger partial charge on any atom is -0.335 e. The summed E-state index contributed by atoms with van der Waals surface area (Å²) in [4.78, 5) is 12.5. The van der Waals surface area contributed by atoms with Gasteiger partial charge >= 0.3 is 0 Å². The monoisotopic (exact) mass is 289 g/mol. The molecule has 0 aromatic carbocycles. The van der Waals surface area contributed by atoms with Gasteiger partial charge in [-0.15, -0.1) is 0 Å². The molecule has 0 N–H and O–H groups in total. The van der Waals surface area contributed by atoms with Crippen molar-refractivity contribution in [2.24, 2.45) is 0 Å². The largest absolute Gasteiger partial charge is 0.335 e. The van der Waals surface area contributed by atoms with Gasteiger partial charge in [-0.2, -0.15) is 0 Å². The van der Waals surface area contributed by atoms with Crippen LogP contribution < -0.4 is 0 Å². The predicted octanol–water partition coefficient (Wildman–Crippen LogP) is 0.651. The summed E-state index contributed by atoms with van der Waals surface area (Å²) in [5.41, 5.74) is 1.28. The summed E-state index contributed by atoms with van der Waals surface area (Å²) in [6.45, 7) is 9.62. The number of likely N-dealkylation sites (tertiary alicyclic amines) is 1. The molecule has 1 aromatic rings. The van der Waals surface area contributed by atoms with Gasteiger partial charge in [0.2, 0.25) is 0 Å². The average Bonchev–Trinajstić information content (AvgIpc) is 2.86. The Balaban J connectivity index is 1.27. The van der Waals surface area contributed by atoms with Crippen LogP contribution in [-0.2, 0) is 19.5 Å². The normalized spacial score (nSPS) is 25.8. The van der Waals surface area contributed by atoms with E-state index in [1.54, 1.807) is 0 Å². The zero-order valence-electron chi connectivity index (χ0n) is 13.2. The molecule has 0 atom stereocenters. The minimum absolute atomic E-state index is 0.788. The molecular formula is C16H27N5. The fourth-order valence-electron chi connectivity index (χ4n) is 3.87. The summed E-state index contributed by atoms with van der Waals surface area (Å²) >= 11 is 0. The van der Waals surface area contributed by atoms with E-state index in [9.17, 15) is 0 Å². The number of hydrogen-bond donors (Lipinski definition) is 0. The van der Waals surface area contributed by atoms with Gasteiger partial charge < -0.3 is 9.47 Å². The Kier molecular flexibility index (Phi) is 3.73. The zero-order valence-corrected chi connectivity index (χ0v) is 13.2. The molecule has 0 unspecified atom stereocenters. The van der Waals surface area contributed by atoms with Gasteiger partial charge in [-0.1, -0.05) is 0 Å². The van der Waals surface area contributed by atoms with Crippen LogP contribution in [0.2, 0.25) is 0 Å². The van der Waals surface area contributed by atoms with Crippen LogP contribution in [-0.4, -0.2) is 76.6 Å². The molecule has 2 saturated heterocycles. The van der Waals surface area contributed by atoms with Crippen molar-refractivity contribution in [3.63, 3.8) is 0 Å². The Morgan fingerprint density at radius 3 is 2.67 bits per heavy atom. The van der Waals surface area contributed by atoms with Crippen molar-refractivity contribution < 1.29 is 0 Å². The summed E-state index contributed by atoms with van der Waals surface area (Å²) in [5, 5.41) is 0. The Morgan fingerprint density at radius 2 is 1.90 bits per heavy atom. The van der Waals surface area contributed by atoms with Crippen LogP contribution in [0.15, 0.2) is 6.20 Å².